The third kappa shape index (κ3) is 8.80. The largest absolute Gasteiger partial charge is 0.494 e. The van der Waals surface area contributed by atoms with Crippen molar-refractivity contribution in [2.24, 2.45) is 7.05 Å². The quantitative estimate of drug-likeness (QED) is 0.136. The normalized spacial score (nSPS) is 11.5. The molecule has 43 heavy (non-hydrogen) atoms. The Hall–Kier alpha value is -3.91. The molecule has 0 unspecified atom stereocenters. The first-order valence-corrected chi connectivity index (χ1v) is 15.6. The molecule has 3 rings (SSSR count). The Labute approximate surface area is 258 Å². The van der Waals surface area contributed by atoms with E-state index in [4.69, 9.17) is 14.2 Å². The van der Waals surface area contributed by atoms with Crippen LogP contribution in [0.2, 0.25) is 0 Å². The van der Waals surface area contributed by atoms with E-state index in [9.17, 15) is 19.2 Å². The number of rotatable bonds is 15. The van der Waals surface area contributed by atoms with Gasteiger partial charge in [-0.15, -0.1) is 21.5 Å². The molecule has 0 aliphatic heterocycles. The van der Waals surface area contributed by atoms with Crippen molar-refractivity contribution in [3.8, 4) is 5.75 Å². The number of nitrogens with zero attached hydrogens (tertiary/aromatic N) is 3. The summed E-state index contributed by atoms with van der Waals surface area (Å²) in [6.45, 7) is 9.82. The number of nitrogens with one attached hydrogen (secondary N) is 2. The smallest absolute Gasteiger partial charge is 0.348 e. The van der Waals surface area contributed by atoms with E-state index in [2.05, 4.69) is 27.8 Å². The van der Waals surface area contributed by atoms with Crippen molar-refractivity contribution in [1.82, 2.24) is 20.1 Å². The molecule has 0 saturated carbocycles. The van der Waals surface area contributed by atoms with Crippen LogP contribution in [0, 0.1) is 6.92 Å². The van der Waals surface area contributed by atoms with Crippen molar-refractivity contribution in [3.05, 3.63) is 51.7 Å². The fourth-order valence-electron chi connectivity index (χ4n) is 3.77. The molecule has 2 amide bonds. The Morgan fingerprint density at radius 2 is 1.70 bits per heavy atom. The minimum atomic E-state index is -0.646. The summed E-state index contributed by atoms with van der Waals surface area (Å²) in [5.41, 5.74) is 0.992. The van der Waals surface area contributed by atoms with Crippen LogP contribution < -0.4 is 15.4 Å². The summed E-state index contributed by atoms with van der Waals surface area (Å²) < 4.78 is 17.6. The van der Waals surface area contributed by atoms with Gasteiger partial charge >= 0.3 is 11.9 Å². The summed E-state index contributed by atoms with van der Waals surface area (Å²) in [5, 5.41) is 13.9. The number of esters is 2. The molecular weight excluding hydrogens is 594 g/mol. The summed E-state index contributed by atoms with van der Waals surface area (Å²) in [7, 11) is 1.74. The second-order valence-corrected chi connectivity index (χ2v) is 11.6. The highest BCUT2D eigenvalue weighted by Gasteiger charge is 2.29. The van der Waals surface area contributed by atoms with E-state index in [1.54, 1.807) is 63.6 Å². The predicted octanol–water partition coefficient (Wildman–Crippen LogP) is 4.77. The summed E-state index contributed by atoms with van der Waals surface area (Å²) in [5.74, 6) is -0.684. The molecule has 0 spiro atoms. The summed E-state index contributed by atoms with van der Waals surface area (Å²) >= 11 is 2.12. The Kier molecular flexibility index (Phi) is 12.6. The molecule has 14 heteroatoms. The van der Waals surface area contributed by atoms with Crippen LogP contribution in [0.3, 0.4) is 0 Å². The summed E-state index contributed by atoms with van der Waals surface area (Å²) in [6, 6.07) is 6.93. The number of amides is 2. The summed E-state index contributed by atoms with van der Waals surface area (Å²) in [6.07, 6.45) is 2.01. The average Bonchev–Trinajstić information content (AvgIpc) is 3.50. The molecule has 0 radical (unpaired) electrons. The predicted molar refractivity (Wildman–Crippen MR) is 164 cm³/mol. The number of carbonyl (C=O) groups is 4. The lowest BCUT2D eigenvalue weighted by molar-refractivity contribution is -0.115. The van der Waals surface area contributed by atoms with E-state index >= 15 is 0 Å². The number of benzene rings is 1. The number of hydrogen-bond acceptors (Lipinski definition) is 11. The average molecular weight is 632 g/mol. The molecule has 1 aromatic carbocycles. The highest BCUT2D eigenvalue weighted by molar-refractivity contribution is 8.00. The van der Waals surface area contributed by atoms with E-state index in [-0.39, 0.29) is 41.1 Å². The highest BCUT2D eigenvalue weighted by atomic mass is 32.2. The van der Waals surface area contributed by atoms with Gasteiger partial charge in [0.15, 0.2) is 11.0 Å². The lowest BCUT2D eigenvalue weighted by Gasteiger charge is -2.12. The second kappa shape index (κ2) is 16.1. The van der Waals surface area contributed by atoms with Crippen LogP contribution in [0.5, 0.6) is 5.75 Å². The molecule has 0 bridgehead atoms. The van der Waals surface area contributed by atoms with Crippen LogP contribution >= 0.6 is 23.1 Å². The fraction of sp³-hybridized carbons (Fsp3) is 0.448. The molecule has 2 heterocycles. The maximum Gasteiger partial charge on any atom is 0.348 e. The zero-order valence-electron chi connectivity index (χ0n) is 25.1. The Balaban J connectivity index is 1.63. The van der Waals surface area contributed by atoms with Gasteiger partial charge in [-0.05, 0) is 63.9 Å². The number of thiophene rings is 1. The Bertz CT molecular complexity index is 1440. The molecule has 0 aliphatic carbocycles. The van der Waals surface area contributed by atoms with E-state index in [1.807, 2.05) is 0 Å². The van der Waals surface area contributed by atoms with Gasteiger partial charge in [0.2, 0.25) is 5.91 Å². The van der Waals surface area contributed by atoms with Crippen molar-refractivity contribution < 1.29 is 33.4 Å². The van der Waals surface area contributed by atoms with Gasteiger partial charge < -0.3 is 29.4 Å². The monoisotopic (exact) mass is 631 g/mol. The number of hydrogen-bond donors (Lipinski definition) is 2. The number of thioether (sulfide) groups is 1. The maximum atomic E-state index is 13.1. The third-order valence-electron chi connectivity index (χ3n) is 6.19. The number of unbranched alkanes of at least 4 members (excludes halogenated alkanes) is 1. The zero-order chi connectivity index (χ0) is 31.5. The van der Waals surface area contributed by atoms with Crippen molar-refractivity contribution >= 4 is 51.9 Å². The number of aromatic nitrogens is 3. The van der Waals surface area contributed by atoms with Crippen molar-refractivity contribution in [1.29, 1.82) is 0 Å². The van der Waals surface area contributed by atoms with Gasteiger partial charge in [0.25, 0.3) is 5.91 Å². The van der Waals surface area contributed by atoms with Gasteiger partial charge in [-0.25, -0.2) is 9.59 Å². The fourth-order valence-corrected chi connectivity index (χ4v) is 5.69. The lowest BCUT2D eigenvalue weighted by atomic mass is 10.1. The van der Waals surface area contributed by atoms with Gasteiger partial charge in [-0.3, -0.25) is 9.59 Å². The minimum absolute atomic E-state index is 0.121. The number of ether oxygens (including phenoxy) is 3. The molecular formula is C29H37N5O7S2. The van der Waals surface area contributed by atoms with Crippen LogP contribution in [-0.2, 0) is 27.9 Å². The first-order chi connectivity index (χ1) is 20.6. The molecule has 2 aromatic heterocycles. The summed E-state index contributed by atoms with van der Waals surface area (Å²) in [4.78, 5) is 51.1. The number of carbonyl (C=O) groups excluding carboxylic acids is 4. The molecule has 232 valence electrons. The topological polar surface area (TPSA) is 151 Å². The van der Waals surface area contributed by atoms with Crippen molar-refractivity contribution in [2.45, 2.75) is 64.4 Å². The van der Waals surface area contributed by atoms with Gasteiger partial charge in [0.05, 0.1) is 37.2 Å². The third-order valence-corrected chi connectivity index (χ3v) is 8.51. The SMILES string of the molecule is CCCCOc1ccc(C(=O)NCc2nnc(S[C@@H](C)C(=O)Nc3sc(C(=O)OCC)c(C)c3C(=O)OCC)n2C)cc1. The standard InChI is InChI=1S/C29H37N5O7S2/c1-7-10-15-41-20-13-11-19(12-14-20)25(36)30-16-21-32-33-29(34(21)6)42-18(5)24(35)31-26-22(27(37)39-8-2)17(4)23(43-26)28(38)40-9-3/h11-14,18H,7-10,15-16H2,1-6H3,(H,30,36)(H,31,35)/t18-/m0/s1. The zero-order valence-corrected chi connectivity index (χ0v) is 26.8. The van der Waals surface area contributed by atoms with Crippen molar-refractivity contribution in [3.63, 3.8) is 0 Å². The molecule has 12 nitrogen and oxygen atoms in total. The minimum Gasteiger partial charge on any atom is -0.494 e. The Morgan fingerprint density at radius 3 is 2.35 bits per heavy atom. The van der Waals surface area contributed by atoms with Gasteiger partial charge in [0.1, 0.15) is 15.6 Å². The van der Waals surface area contributed by atoms with Crippen LogP contribution in [0.4, 0.5) is 5.00 Å². The molecule has 1 atom stereocenters. The molecule has 3 aromatic rings. The molecule has 0 aliphatic rings. The van der Waals surface area contributed by atoms with Gasteiger partial charge in [-0.2, -0.15) is 0 Å². The van der Waals surface area contributed by atoms with E-state index in [0.29, 0.717) is 34.5 Å². The molecule has 0 saturated heterocycles. The molecule has 2 N–H and O–H groups in total. The Morgan fingerprint density at radius 1 is 1.02 bits per heavy atom. The first-order valence-electron chi connectivity index (χ1n) is 14.0. The van der Waals surface area contributed by atoms with Crippen molar-refractivity contribution in [2.75, 3.05) is 25.1 Å². The van der Waals surface area contributed by atoms with Crippen LogP contribution in [0.1, 0.15) is 82.3 Å². The molecule has 0 fully saturated rings. The van der Waals surface area contributed by atoms with Gasteiger partial charge in [-0.1, -0.05) is 25.1 Å². The van der Waals surface area contributed by atoms with E-state index in [0.717, 1.165) is 35.9 Å². The highest BCUT2D eigenvalue weighted by Crippen LogP contribution is 2.35. The number of anilines is 1. The maximum absolute atomic E-state index is 13.1. The first kappa shape index (κ1) is 33.6. The second-order valence-electron chi connectivity index (χ2n) is 9.32. The van der Waals surface area contributed by atoms with Crippen LogP contribution in [0.25, 0.3) is 0 Å². The lowest BCUT2D eigenvalue weighted by Crippen LogP contribution is -2.25. The van der Waals surface area contributed by atoms with Crippen LogP contribution in [-0.4, -0.2) is 63.6 Å². The van der Waals surface area contributed by atoms with Gasteiger partial charge in [0, 0.05) is 12.6 Å². The van der Waals surface area contributed by atoms with Crippen LogP contribution in [0.15, 0.2) is 29.4 Å². The van der Waals surface area contributed by atoms with E-state index < -0.39 is 23.1 Å². The van der Waals surface area contributed by atoms with E-state index in [1.165, 1.54) is 0 Å².